The maximum atomic E-state index is 2.45. The van der Waals surface area contributed by atoms with Crippen LogP contribution in [0.4, 0.5) is 0 Å². The highest BCUT2D eigenvalue weighted by Crippen LogP contribution is 2.67. The van der Waals surface area contributed by atoms with E-state index in [4.69, 9.17) is 0 Å². The number of hydrogen-bond donors (Lipinski definition) is 0. The number of fused-ring (bicyclic) bond motifs is 1. The highest BCUT2D eigenvalue weighted by molar-refractivity contribution is 8.03. The van der Waals surface area contributed by atoms with Crippen LogP contribution in [0, 0.1) is 0 Å². The van der Waals surface area contributed by atoms with Crippen molar-refractivity contribution in [2.45, 2.75) is 0 Å². The Hall–Kier alpha value is -3.04. The Labute approximate surface area is 204 Å². The van der Waals surface area contributed by atoms with Gasteiger partial charge in [-0.2, -0.15) is 0 Å². The molecule has 0 radical (unpaired) electrons. The van der Waals surface area contributed by atoms with Gasteiger partial charge in [-0.05, 0) is 60.7 Å². The Kier molecular flexibility index (Phi) is 5.66. The molecule has 5 aromatic rings. The summed E-state index contributed by atoms with van der Waals surface area (Å²) in [6.07, 6.45) is 2.38. The van der Waals surface area contributed by atoms with Crippen molar-refractivity contribution < 1.29 is 0 Å². The van der Waals surface area contributed by atoms with Gasteiger partial charge in [0.15, 0.2) is 0 Å². The Morgan fingerprint density at radius 2 is 0.529 bits per heavy atom. The van der Waals surface area contributed by atoms with Crippen molar-refractivity contribution in [1.82, 2.24) is 0 Å². The molecule has 0 saturated carbocycles. The largest absolute Gasteiger partial charge is 0.147 e. The molecule has 1 aliphatic heterocycles. The maximum Gasteiger partial charge on any atom is 0.147 e. The van der Waals surface area contributed by atoms with E-state index >= 15 is 0 Å². The fraction of sp³-hybridized carbons (Fsp3) is 0.0625. The van der Waals surface area contributed by atoms with Gasteiger partial charge in [0.2, 0.25) is 0 Å². The van der Waals surface area contributed by atoms with Gasteiger partial charge in [0.05, 0.1) is 0 Å². The topological polar surface area (TPSA) is 0 Å². The molecule has 0 nitrogen and oxygen atoms in total. The van der Waals surface area contributed by atoms with Crippen LogP contribution in [-0.4, -0.2) is 12.3 Å². The first-order valence-electron chi connectivity index (χ1n) is 11.9. The minimum Gasteiger partial charge on any atom is -0.0620 e. The Morgan fingerprint density at radius 1 is 0.294 bits per heavy atom. The Bertz CT molecular complexity index is 1190. The van der Waals surface area contributed by atoms with Crippen LogP contribution in [0.25, 0.3) is 0 Å². The molecule has 0 aromatic heterocycles. The highest BCUT2D eigenvalue weighted by atomic mass is 31.2. The molecule has 0 spiro atoms. The minimum atomic E-state index is -1.78. The molecule has 0 amide bonds. The van der Waals surface area contributed by atoms with Crippen molar-refractivity contribution >= 4 is 46.4 Å². The van der Waals surface area contributed by atoms with E-state index in [0.29, 0.717) is 0 Å². The van der Waals surface area contributed by atoms with Gasteiger partial charge >= 0.3 is 0 Å². The average Bonchev–Trinajstić information content (AvgIpc) is 2.94. The van der Waals surface area contributed by atoms with E-state index in [1.807, 2.05) is 0 Å². The van der Waals surface area contributed by atoms with Crippen molar-refractivity contribution in [1.29, 1.82) is 0 Å². The predicted molar refractivity (Wildman–Crippen MR) is 154 cm³/mol. The van der Waals surface area contributed by atoms with E-state index in [1.165, 1.54) is 33.5 Å². The van der Waals surface area contributed by atoms with Crippen LogP contribution in [0.5, 0.6) is 0 Å². The van der Waals surface area contributed by atoms with Crippen molar-refractivity contribution in [3.05, 3.63) is 146 Å². The molecule has 1 heterocycles. The van der Waals surface area contributed by atoms with Crippen molar-refractivity contribution in [2.24, 2.45) is 0 Å². The lowest BCUT2D eigenvalue weighted by Crippen LogP contribution is -2.50. The van der Waals surface area contributed by atoms with Crippen LogP contribution in [-0.2, 0) is 0 Å². The summed E-state index contributed by atoms with van der Waals surface area (Å²) < 4.78 is 0. The van der Waals surface area contributed by atoms with Crippen LogP contribution < -0.4 is 31.8 Å². The van der Waals surface area contributed by atoms with E-state index in [1.54, 1.807) is 10.6 Å². The first-order valence-corrected chi connectivity index (χ1v) is 15.9. The molecule has 1 aliphatic rings. The van der Waals surface area contributed by atoms with E-state index < -0.39 is 14.5 Å². The normalized spacial score (nSPS) is 15.9. The first-order chi connectivity index (χ1) is 16.9. The number of benzene rings is 5. The molecular formula is C32H28P2+2. The monoisotopic (exact) mass is 474 g/mol. The summed E-state index contributed by atoms with van der Waals surface area (Å²) >= 11 is 0. The SMILES string of the molecule is c1ccc([P+]2(c3ccccc3)CC[P+](c3ccccc3)(c3ccccc3)c3ccccc32)cc1. The second-order valence-electron chi connectivity index (χ2n) is 8.90. The third-order valence-electron chi connectivity index (χ3n) is 7.26. The second-order valence-corrected chi connectivity index (χ2v) is 16.1. The fourth-order valence-electron chi connectivity index (χ4n) is 5.75. The third-order valence-corrected chi connectivity index (χ3v) is 16.7. The molecule has 5 aromatic carbocycles. The van der Waals surface area contributed by atoms with E-state index in [-0.39, 0.29) is 0 Å². The van der Waals surface area contributed by atoms with E-state index in [2.05, 4.69) is 146 Å². The van der Waals surface area contributed by atoms with Gasteiger partial charge in [-0.3, -0.25) is 0 Å². The van der Waals surface area contributed by atoms with Crippen LogP contribution in [0.2, 0.25) is 0 Å². The zero-order valence-electron chi connectivity index (χ0n) is 19.2. The molecule has 164 valence electrons. The average molecular weight is 475 g/mol. The summed E-state index contributed by atoms with van der Waals surface area (Å²) in [5, 5.41) is 9.11. The van der Waals surface area contributed by atoms with Crippen molar-refractivity contribution in [3.8, 4) is 0 Å². The third kappa shape index (κ3) is 3.29. The number of hydrogen-bond acceptors (Lipinski definition) is 0. The van der Waals surface area contributed by atoms with Gasteiger partial charge in [-0.25, -0.2) is 0 Å². The molecule has 0 N–H and O–H groups in total. The molecule has 0 fully saturated rings. The van der Waals surface area contributed by atoms with Gasteiger partial charge in [-0.1, -0.05) is 84.9 Å². The summed E-state index contributed by atoms with van der Waals surface area (Å²) in [4.78, 5) is 0. The predicted octanol–water partition coefficient (Wildman–Crippen LogP) is 5.29. The molecule has 0 bridgehead atoms. The van der Waals surface area contributed by atoms with Crippen LogP contribution in [0.3, 0.4) is 0 Å². The standard InChI is InChI=1S/C32H28P2/c1-5-15-27(16-6-1)33(28-17-7-2-8-18-28)25-26-34(29-19-9-3-10-20-29,30-21-11-4-12-22-30)32-24-14-13-23-31(32)33/h1-24H,25-26H2/q+2. The lowest BCUT2D eigenvalue weighted by molar-refractivity contribution is 1.46. The lowest BCUT2D eigenvalue weighted by atomic mass is 10.3. The lowest BCUT2D eigenvalue weighted by Gasteiger charge is -2.38. The smallest absolute Gasteiger partial charge is 0.0620 e. The quantitative estimate of drug-likeness (QED) is 0.311. The zero-order valence-corrected chi connectivity index (χ0v) is 21.0. The van der Waals surface area contributed by atoms with Crippen molar-refractivity contribution in [3.63, 3.8) is 0 Å². The zero-order chi connectivity index (χ0) is 22.8. The fourth-order valence-corrected chi connectivity index (χ4v) is 16.7. The van der Waals surface area contributed by atoms with Gasteiger partial charge < -0.3 is 0 Å². The molecular weight excluding hydrogens is 446 g/mol. The van der Waals surface area contributed by atoms with Crippen LogP contribution in [0.1, 0.15) is 0 Å². The Morgan fingerprint density at radius 3 is 0.794 bits per heavy atom. The first kappa shape index (κ1) is 21.5. The van der Waals surface area contributed by atoms with Gasteiger partial charge in [0.25, 0.3) is 0 Å². The number of rotatable bonds is 4. The summed E-state index contributed by atoms with van der Waals surface area (Å²) in [7, 11) is -3.56. The molecule has 2 heteroatoms. The molecule has 0 unspecified atom stereocenters. The minimum absolute atomic E-state index is 1.19. The summed E-state index contributed by atoms with van der Waals surface area (Å²) in [5.74, 6) is 0. The van der Waals surface area contributed by atoms with E-state index in [9.17, 15) is 0 Å². The highest BCUT2D eigenvalue weighted by Gasteiger charge is 2.61. The molecule has 0 atom stereocenters. The van der Waals surface area contributed by atoms with Crippen molar-refractivity contribution in [2.75, 3.05) is 12.3 Å². The summed E-state index contributed by atoms with van der Waals surface area (Å²) in [5.41, 5.74) is 0. The van der Waals surface area contributed by atoms with Gasteiger partial charge in [0, 0.05) is 0 Å². The Balaban J connectivity index is 1.71. The van der Waals surface area contributed by atoms with Crippen LogP contribution >= 0.6 is 14.5 Å². The summed E-state index contributed by atoms with van der Waals surface area (Å²) in [6.45, 7) is 0. The summed E-state index contributed by atoms with van der Waals surface area (Å²) in [6, 6.07) is 54.7. The molecule has 0 saturated heterocycles. The molecule has 0 aliphatic carbocycles. The second kappa shape index (κ2) is 8.96. The van der Waals surface area contributed by atoms with Gasteiger partial charge in [0.1, 0.15) is 58.7 Å². The molecule has 34 heavy (non-hydrogen) atoms. The maximum absolute atomic E-state index is 2.45. The van der Waals surface area contributed by atoms with Crippen LogP contribution in [0.15, 0.2) is 146 Å². The molecule has 6 rings (SSSR count). The van der Waals surface area contributed by atoms with E-state index in [0.717, 1.165) is 0 Å². The van der Waals surface area contributed by atoms with Gasteiger partial charge in [-0.15, -0.1) is 0 Å².